The molecule has 4 rings (SSSR count). The third kappa shape index (κ3) is 2.34. The van der Waals surface area contributed by atoms with Crippen molar-refractivity contribution < 1.29 is 9.90 Å². The lowest BCUT2D eigenvalue weighted by molar-refractivity contribution is -0.139. The molecular formula is C24H35NO2. The van der Waals surface area contributed by atoms with Gasteiger partial charge in [-0.15, -0.1) is 0 Å². The predicted molar refractivity (Wildman–Crippen MR) is 106 cm³/mol. The molecular weight excluding hydrogens is 334 g/mol. The average Bonchev–Trinajstić information content (AvgIpc) is 2.95. The number of hydrogen-bond donors (Lipinski definition) is 1. The Kier molecular flexibility index (Phi) is 4.12. The second kappa shape index (κ2) is 5.85. The van der Waals surface area contributed by atoms with Crippen LogP contribution < -0.4 is 0 Å². The zero-order valence-electron chi connectivity index (χ0n) is 17.6. The molecule has 0 saturated heterocycles. The molecule has 1 N–H and O–H groups in total. The van der Waals surface area contributed by atoms with Crippen molar-refractivity contribution in [2.45, 2.75) is 79.6 Å². The maximum atomic E-state index is 12.3. The van der Waals surface area contributed by atoms with Gasteiger partial charge in [0.1, 0.15) is 11.5 Å². The van der Waals surface area contributed by atoms with Crippen molar-refractivity contribution in [2.24, 2.45) is 45.8 Å². The van der Waals surface area contributed by atoms with Crippen molar-refractivity contribution in [1.82, 2.24) is 0 Å². The minimum Gasteiger partial charge on any atom is -0.511 e. The molecule has 0 aromatic heterocycles. The molecule has 0 aromatic rings. The molecule has 0 amide bonds. The van der Waals surface area contributed by atoms with Crippen LogP contribution in [0.25, 0.3) is 0 Å². The van der Waals surface area contributed by atoms with Gasteiger partial charge in [0.2, 0.25) is 0 Å². The van der Waals surface area contributed by atoms with E-state index in [4.69, 9.17) is 0 Å². The third-order valence-electron chi connectivity index (χ3n) is 9.82. The lowest BCUT2D eigenvalue weighted by Crippen LogP contribution is -2.56. The topological polar surface area (TPSA) is 61.1 Å². The molecule has 27 heavy (non-hydrogen) atoms. The van der Waals surface area contributed by atoms with Crippen molar-refractivity contribution in [3.05, 3.63) is 11.3 Å². The lowest BCUT2D eigenvalue weighted by atomic mass is 9.41. The zero-order chi connectivity index (χ0) is 19.8. The molecule has 0 bridgehead atoms. The summed E-state index contributed by atoms with van der Waals surface area (Å²) in [5.74, 6) is 3.33. The highest BCUT2D eigenvalue weighted by Crippen LogP contribution is 2.70. The van der Waals surface area contributed by atoms with Crippen molar-refractivity contribution in [1.29, 1.82) is 5.26 Å². The fraction of sp³-hybridized carbons (Fsp3) is 0.833. The Balaban J connectivity index is 1.72. The summed E-state index contributed by atoms with van der Waals surface area (Å²) in [6.45, 7) is 10.9. The fourth-order valence-corrected chi connectivity index (χ4v) is 8.67. The largest absolute Gasteiger partial charge is 0.511 e. The minimum absolute atomic E-state index is 0.0827. The number of nitriles is 1. The summed E-state index contributed by atoms with van der Waals surface area (Å²) in [5.41, 5.74) is 0.553. The van der Waals surface area contributed by atoms with E-state index in [-0.39, 0.29) is 22.2 Å². The molecule has 0 aliphatic heterocycles. The number of hydrogen-bond acceptors (Lipinski definition) is 3. The standard InChI is InChI=1S/C24H35NO2/c1-14(26)17-7-8-18-16-6-9-20-22(2,3)21(27)15(13-25)12-24(20,5)19(16)10-11-23(17,18)4/h16-20,27H,6-12H2,1-5H3/t16-,17+,18-,19-,20?,23+,24+/m0/s1. The van der Waals surface area contributed by atoms with Gasteiger partial charge in [-0.05, 0) is 86.4 Å². The second-order valence-electron chi connectivity index (χ2n) is 11.1. The molecule has 0 spiro atoms. The Morgan fingerprint density at radius 1 is 1.04 bits per heavy atom. The van der Waals surface area contributed by atoms with Gasteiger partial charge in [0, 0.05) is 11.3 Å². The van der Waals surface area contributed by atoms with Crippen molar-refractivity contribution in [2.75, 3.05) is 0 Å². The quantitative estimate of drug-likeness (QED) is 0.634. The van der Waals surface area contributed by atoms with E-state index in [1.54, 1.807) is 6.92 Å². The number of aliphatic hydroxyl groups is 1. The number of aliphatic hydroxyl groups excluding tert-OH is 1. The Labute approximate surface area is 164 Å². The normalized spacial score (nSPS) is 48.2. The van der Waals surface area contributed by atoms with Crippen molar-refractivity contribution in [3.63, 3.8) is 0 Å². The number of carbonyl (C=O) groups is 1. The monoisotopic (exact) mass is 369 g/mol. The van der Waals surface area contributed by atoms with E-state index in [0.29, 0.717) is 40.8 Å². The van der Waals surface area contributed by atoms with Crippen LogP contribution in [0.1, 0.15) is 79.6 Å². The predicted octanol–water partition coefficient (Wildman–Crippen LogP) is 5.82. The van der Waals surface area contributed by atoms with Gasteiger partial charge in [-0.25, -0.2) is 0 Å². The molecule has 0 heterocycles. The molecule has 3 nitrogen and oxygen atoms in total. The summed E-state index contributed by atoms with van der Waals surface area (Å²) in [6, 6.07) is 2.32. The summed E-state index contributed by atoms with van der Waals surface area (Å²) < 4.78 is 0. The van der Waals surface area contributed by atoms with Gasteiger partial charge in [-0.1, -0.05) is 27.7 Å². The smallest absolute Gasteiger partial charge is 0.133 e. The first-order valence-corrected chi connectivity index (χ1v) is 10.9. The van der Waals surface area contributed by atoms with E-state index in [2.05, 4.69) is 33.8 Å². The Morgan fingerprint density at radius 2 is 1.70 bits per heavy atom. The van der Waals surface area contributed by atoms with Gasteiger partial charge in [0.15, 0.2) is 0 Å². The van der Waals surface area contributed by atoms with E-state index in [1.165, 1.54) is 19.3 Å². The van der Waals surface area contributed by atoms with Crippen molar-refractivity contribution >= 4 is 5.78 Å². The molecule has 148 valence electrons. The number of fused-ring (bicyclic) bond motifs is 5. The van der Waals surface area contributed by atoms with E-state index in [0.717, 1.165) is 25.7 Å². The highest BCUT2D eigenvalue weighted by Gasteiger charge is 2.63. The third-order valence-corrected chi connectivity index (χ3v) is 9.82. The van der Waals surface area contributed by atoms with Gasteiger partial charge >= 0.3 is 0 Å². The number of rotatable bonds is 1. The second-order valence-corrected chi connectivity index (χ2v) is 11.1. The van der Waals surface area contributed by atoms with Crippen LogP contribution in [0.4, 0.5) is 0 Å². The molecule has 4 aliphatic carbocycles. The van der Waals surface area contributed by atoms with Crippen LogP contribution in [0.3, 0.4) is 0 Å². The van der Waals surface area contributed by atoms with Crippen LogP contribution in [0.15, 0.2) is 11.3 Å². The maximum Gasteiger partial charge on any atom is 0.133 e. The number of nitrogens with zero attached hydrogens (tertiary/aromatic N) is 1. The highest BCUT2D eigenvalue weighted by atomic mass is 16.3. The Morgan fingerprint density at radius 3 is 2.33 bits per heavy atom. The number of carbonyl (C=O) groups excluding carboxylic acids is 1. The van der Waals surface area contributed by atoms with E-state index < -0.39 is 0 Å². The average molecular weight is 370 g/mol. The van der Waals surface area contributed by atoms with Gasteiger partial charge in [0.25, 0.3) is 0 Å². The summed E-state index contributed by atoms with van der Waals surface area (Å²) in [4.78, 5) is 12.3. The zero-order valence-corrected chi connectivity index (χ0v) is 17.6. The molecule has 3 heteroatoms. The van der Waals surface area contributed by atoms with Crippen LogP contribution in [0.2, 0.25) is 0 Å². The van der Waals surface area contributed by atoms with Gasteiger partial charge < -0.3 is 5.11 Å². The molecule has 4 aliphatic rings. The van der Waals surface area contributed by atoms with Gasteiger partial charge in [0.05, 0.1) is 11.6 Å². The van der Waals surface area contributed by atoms with E-state index >= 15 is 0 Å². The molecule has 3 saturated carbocycles. The van der Waals surface area contributed by atoms with Crippen LogP contribution in [-0.4, -0.2) is 10.9 Å². The molecule has 0 radical (unpaired) electrons. The summed E-state index contributed by atoms with van der Waals surface area (Å²) in [6.07, 6.45) is 7.64. The molecule has 0 aromatic carbocycles. The van der Waals surface area contributed by atoms with Crippen LogP contribution >= 0.6 is 0 Å². The number of Topliss-reactive ketones (excluding diaryl/α,β-unsaturated/α-hetero) is 1. The van der Waals surface area contributed by atoms with Crippen LogP contribution in [0, 0.1) is 57.2 Å². The van der Waals surface area contributed by atoms with Crippen LogP contribution in [0.5, 0.6) is 0 Å². The first-order valence-electron chi connectivity index (χ1n) is 10.9. The summed E-state index contributed by atoms with van der Waals surface area (Å²) in [7, 11) is 0. The highest BCUT2D eigenvalue weighted by molar-refractivity contribution is 5.79. The number of ketones is 1. The lowest BCUT2D eigenvalue weighted by Gasteiger charge is -2.63. The summed E-state index contributed by atoms with van der Waals surface area (Å²) >= 11 is 0. The van der Waals surface area contributed by atoms with E-state index in [1.807, 2.05) is 0 Å². The fourth-order valence-electron chi connectivity index (χ4n) is 8.67. The van der Waals surface area contributed by atoms with E-state index in [9.17, 15) is 15.2 Å². The number of allylic oxidation sites excluding steroid dienone is 2. The van der Waals surface area contributed by atoms with Crippen LogP contribution in [-0.2, 0) is 4.79 Å². The molecule has 7 atom stereocenters. The maximum absolute atomic E-state index is 12.3. The first-order chi connectivity index (χ1) is 12.6. The molecule has 3 fully saturated rings. The molecule has 1 unspecified atom stereocenters. The Hall–Kier alpha value is -1.30. The first kappa shape index (κ1) is 19.0. The van der Waals surface area contributed by atoms with Gasteiger partial charge in [-0.2, -0.15) is 5.26 Å². The van der Waals surface area contributed by atoms with Crippen molar-refractivity contribution in [3.8, 4) is 6.07 Å². The minimum atomic E-state index is -0.318. The Bertz CT molecular complexity index is 744. The SMILES string of the molecule is CC(=O)[C@H]1CC[C@H]2[C@@H]3CCC4C(C)(C)C(O)=C(C#N)C[C@]4(C)[C@H]3CC[C@]12C. The van der Waals surface area contributed by atoms with Gasteiger partial charge in [-0.3, -0.25) is 4.79 Å². The summed E-state index contributed by atoms with van der Waals surface area (Å²) in [5, 5.41) is 20.4.